The molecule has 0 saturated carbocycles. The van der Waals surface area contributed by atoms with Gasteiger partial charge in [-0.3, -0.25) is 25.0 Å². The number of alkyl halides is 1. The second kappa shape index (κ2) is 9.06. The molecule has 12 nitrogen and oxygen atoms in total. The first-order chi connectivity index (χ1) is 18.2. The van der Waals surface area contributed by atoms with Crippen LogP contribution in [0.15, 0.2) is 36.4 Å². The van der Waals surface area contributed by atoms with Crippen molar-refractivity contribution in [2.75, 3.05) is 39.1 Å². The summed E-state index contributed by atoms with van der Waals surface area (Å²) in [6.07, 6.45) is 0. The Labute approximate surface area is 219 Å². The first kappa shape index (κ1) is 25.1. The fourth-order valence-corrected chi connectivity index (χ4v) is 5.49. The van der Waals surface area contributed by atoms with Gasteiger partial charge in [0, 0.05) is 47.3 Å². The molecular weight excluding hydrogens is 520 g/mol. The SMILES string of the molecule is COc1cc2cc(C(=O)C3(CCl)CNc4cc([N+](=O)[O-])c5cc([N+](=O)[O-])ccc5c43)[nH]c2c(OC)c1OC. The van der Waals surface area contributed by atoms with Gasteiger partial charge in [0.25, 0.3) is 11.4 Å². The van der Waals surface area contributed by atoms with E-state index in [2.05, 4.69) is 10.3 Å². The van der Waals surface area contributed by atoms with Crippen LogP contribution in [0.2, 0.25) is 0 Å². The van der Waals surface area contributed by atoms with Gasteiger partial charge in [0.15, 0.2) is 17.3 Å². The smallest absolute Gasteiger partial charge is 0.279 e. The molecule has 1 atom stereocenters. The summed E-state index contributed by atoms with van der Waals surface area (Å²) in [6.45, 7) is 0.0665. The Morgan fingerprint density at radius 3 is 2.34 bits per heavy atom. The molecule has 2 heterocycles. The highest BCUT2D eigenvalue weighted by molar-refractivity contribution is 6.24. The zero-order valence-electron chi connectivity index (χ0n) is 20.4. The van der Waals surface area contributed by atoms with Gasteiger partial charge in [-0.15, -0.1) is 11.6 Å². The number of carbonyl (C=O) groups is 1. The Kier molecular flexibility index (Phi) is 5.98. The van der Waals surface area contributed by atoms with Crippen molar-refractivity contribution >= 4 is 56.1 Å². The molecule has 0 amide bonds. The molecule has 5 rings (SSSR count). The number of aromatic amines is 1. The first-order valence-electron chi connectivity index (χ1n) is 11.3. The van der Waals surface area contributed by atoms with E-state index in [9.17, 15) is 25.0 Å². The number of rotatable bonds is 8. The number of ketones is 1. The number of nitro benzene ring substituents is 2. The molecule has 0 aliphatic carbocycles. The zero-order valence-corrected chi connectivity index (χ0v) is 21.2. The summed E-state index contributed by atoms with van der Waals surface area (Å²) in [5.74, 6) is 0.579. The standard InChI is InChI=1S/C25H21ClN4O8/c1-36-19-7-12-6-17(28-21(12)23(38-3)22(19)37-2)24(31)25(10-26)11-27-16-9-18(30(34)35)15-8-13(29(32)33)4-5-14(15)20(16)25/h4-9,27-28H,10-11H2,1-3H3. The Hall–Kier alpha value is -4.58. The van der Waals surface area contributed by atoms with E-state index in [1.165, 1.54) is 39.5 Å². The van der Waals surface area contributed by atoms with Crippen LogP contribution in [-0.2, 0) is 5.41 Å². The van der Waals surface area contributed by atoms with Crippen molar-refractivity contribution in [3.8, 4) is 17.2 Å². The summed E-state index contributed by atoms with van der Waals surface area (Å²) >= 11 is 6.49. The minimum absolute atomic E-state index is 0.0433. The van der Waals surface area contributed by atoms with E-state index in [4.69, 9.17) is 25.8 Å². The fraction of sp³-hybridized carbons (Fsp3) is 0.240. The maximum absolute atomic E-state index is 14.2. The van der Waals surface area contributed by atoms with Crippen molar-refractivity contribution in [2.24, 2.45) is 0 Å². The molecule has 0 bridgehead atoms. The molecule has 0 saturated heterocycles. The molecule has 1 aliphatic heterocycles. The number of non-ortho nitro benzene ring substituents is 2. The van der Waals surface area contributed by atoms with Gasteiger partial charge in [0.05, 0.1) is 53.2 Å². The van der Waals surface area contributed by atoms with Gasteiger partial charge >= 0.3 is 0 Å². The van der Waals surface area contributed by atoms with Gasteiger partial charge in [0.1, 0.15) is 0 Å². The molecular formula is C25H21ClN4O8. The molecule has 0 fully saturated rings. The summed E-state index contributed by atoms with van der Waals surface area (Å²) < 4.78 is 16.4. The highest BCUT2D eigenvalue weighted by Crippen LogP contribution is 2.49. The normalized spacial score (nSPS) is 16.2. The maximum Gasteiger partial charge on any atom is 0.279 e. The van der Waals surface area contributed by atoms with Crippen LogP contribution in [0.1, 0.15) is 16.1 Å². The van der Waals surface area contributed by atoms with E-state index >= 15 is 0 Å². The summed E-state index contributed by atoms with van der Waals surface area (Å²) in [4.78, 5) is 39.3. The number of aromatic nitrogens is 1. The van der Waals surface area contributed by atoms with Gasteiger partial charge in [-0.05, 0) is 23.6 Å². The van der Waals surface area contributed by atoms with E-state index in [1.54, 1.807) is 12.1 Å². The molecule has 13 heteroatoms. The summed E-state index contributed by atoms with van der Waals surface area (Å²) in [6, 6.07) is 8.45. The van der Waals surface area contributed by atoms with Gasteiger partial charge in [-0.2, -0.15) is 0 Å². The van der Waals surface area contributed by atoms with Crippen molar-refractivity contribution in [1.29, 1.82) is 0 Å². The lowest BCUT2D eigenvalue weighted by atomic mass is 9.76. The average molecular weight is 541 g/mol. The van der Waals surface area contributed by atoms with Gasteiger partial charge in [0.2, 0.25) is 5.75 Å². The average Bonchev–Trinajstić information content (AvgIpc) is 3.52. The number of hydrogen-bond acceptors (Lipinski definition) is 9. The van der Waals surface area contributed by atoms with Crippen molar-refractivity contribution < 1.29 is 28.9 Å². The van der Waals surface area contributed by atoms with Gasteiger partial charge in [-0.25, -0.2) is 0 Å². The van der Waals surface area contributed by atoms with Crippen molar-refractivity contribution in [1.82, 2.24) is 4.98 Å². The van der Waals surface area contributed by atoms with Crippen LogP contribution < -0.4 is 19.5 Å². The third-order valence-electron chi connectivity index (χ3n) is 6.89. The van der Waals surface area contributed by atoms with Crippen LogP contribution in [0.3, 0.4) is 0 Å². The Morgan fingerprint density at radius 1 is 1.00 bits per heavy atom. The van der Waals surface area contributed by atoms with E-state index in [1.807, 2.05) is 0 Å². The largest absolute Gasteiger partial charge is 0.493 e. The molecule has 4 aromatic rings. The molecule has 1 aliphatic rings. The second-order valence-electron chi connectivity index (χ2n) is 8.75. The number of methoxy groups -OCH3 is 3. The number of nitro groups is 2. The molecule has 196 valence electrons. The van der Waals surface area contributed by atoms with Crippen LogP contribution >= 0.6 is 11.6 Å². The highest BCUT2D eigenvalue weighted by Gasteiger charge is 2.48. The molecule has 38 heavy (non-hydrogen) atoms. The third-order valence-corrected chi connectivity index (χ3v) is 7.35. The lowest BCUT2D eigenvalue weighted by molar-refractivity contribution is -0.386. The maximum atomic E-state index is 14.2. The predicted molar refractivity (Wildman–Crippen MR) is 140 cm³/mol. The first-order valence-corrected chi connectivity index (χ1v) is 11.8. The van der Waals surface area contributed by atoms with Crippen LogP contribution in [0, 0.1) is 20.2 Å². The minimum atomic E-state index is -1.33. The number of Topliss-reactive ketones (excluding diaryl/α,β-unsaturated/α-hetero) is 1. The number of H-pyrrole nitrogens is 1. The monoisotopic (exact) mass is 540 g/mol. The van der Waals surface area contributed by atoms with Crippen molar-refractivity contribution in [3.63, 3.8) is 0 Å². The van der Waals surface area contributed by atoms with E-state index < -0.39 is 15.3 Å². The molecule has 3 aromatic carbocycles. The Balaban J connectivity index is 1.74. The minimum Gasteiger partial charge on any atom is -0.493 e. The zero-order chi connectivity index (χ0) is 27.4. The molecule has 1 unspecified atom stereocenters. The quantitative estimate of drug-likeness (QED) is 0.136. The number of fused-ring (bicyclic) bond motifs is 4. The number of nitrogens with zero attached hydrogens (tertiary/aromatic N) is 2. The second-order valence-corrected chi connectivity index (χ2v) is 9.02. The molecule has 0 spiro atoms. The number of benzene rings is 3. The highest BCUT2D eigenvalue weighted by atomic mass is 35.5. The number of anilines is 1. The van der Waals surface area contributed by atoms with Gasteiger partial charge < -0.3 is 24.5 Å². The van der Waals surface area contributed by atoms with Crippen LogP contribution in [-0.4, -0.2) is 54.4 Å². The topological polar surface area (TPSA) is 159 Å². The van der Waals surface area contributed by atoms with Crippen LogP contribution in [0.25, 0.3) is 21.7 Å². The lowest BCUT2D eigenvalue weighted by Gasteiger charge is -2.26. The number of halogens is 1. The van der Waals surface area contributed by atoms with E-state index in [0.29, 0.717) is 44.8 Å². The van der Waals surface area contributed by atoms with Crippen LogP contribution in [0.4, 0.5) is 17.1 Å². The molecule has 0 radical (unpaired) electrons. The summed E-state index contributed by atoms with van der Waals surface area (Å²) in [5, 5.41) is 27.3. The Bertz CT molecular complexity index is 1670. The number of nitrogens with one attached hydrogen (secondary N) is 2. The lowest BCUT2D eigenvalue weighted by Crippen LogP contribution is -2.40. The van der Waals surface area contributed by atoms with E-state index in [-0.39, 0.29) is 40.7 Å². The van der Waals surface area contributed by atoms with Crippen LogP contribution in [0.5, 0.6) is 17.2 Å². The Morgan fingerprint density at radius 2 is 1.74 bits per heavy atom. The fourth-order valence-electron chi connectivity index (χ4n) is 5.14. The summed E-state index contributed by atoms with van der Waals surface area (Å²) in [5.41, 5.74) is -0.422. The van der Waals surface area contributed by atoms with E-state index in [0.717, 1.165) is 6.07 Å². The molecule has 1 aromatic heterocycles. The number of hydrogen-bond donors (Lipinski definition) is 2. The van der Waals surface area contributed by atoms with Crippen molar-refractivity contribution in [2.45, 2.75) is 5.41 Å². The van der Waals surface area contributed by atoms with Gasteiger partial charge in [-0.1, -0.05) is 0 Å². The number of ether oxygens (including phenoxy) is 3. The molecule has 2 N–H and O–H groups in total. The number of carbonyl (C=O) groups excluding carboxylic acids is 1. The summed E-state index contributed by atoms with van der Waals surface area (Å²) in [7, 11) is 4.42. The third kappa shape index (κ3) is 3.48. The van der Waals surface area contributed by atoms with Crippen molar-refractivity contribution in [3.05, 3.63) is 67.9 Å². The predicted octanol–water partition coefficient (Wildman–Crippen LogP) is 4.95.